The van der Waals surface area contributed by atoms with Gasteiger partial charge in [0.2, 0.25) is 5.88 Å². The molecule has 0 saturated heterocycles. The van der Waals surface area contributed by atoms with Crippen LogP contribution in [0.2, 0.25) is 10.0 Å². The third-order valence-corrected chi connectivity index (χ3v) is 5.39. The van der Waals surface area contributed by atoms with Crippen molar-refractivity contribution in [2.75, 3.05) is 12.4 Å². The van der Waals surface area contributed by atoms with Crippen molar-refractivity contribution < 1.29 is 23.9 Å². The molecule has 10 heteroatoms. The molecule has 0 saturated carbocycles. The Morgan fingerprint density at radius 2 is 1.37 bits per heavy atom. The number of ether oxygens (including phenoxy) is 2. The fourth-order valence-corrected chi connectivity index (χ4v) is 3.81. The fraction of sp³-hybridized carbons (Fsp3) is 0.0400. The van der Waals surface area contributed by atoms with Crippen LogP contribution in [0.15, 0.2) is 78.9 Å². The second kappa shape index (κ2) is 10.4. The zero-order valence-electron chi connectivity index (χ0n) is 18.2. The van der Waals surface area contributed by atoms with Crippen LogP contribution in [0.1, 0.15) is 31.1 Å². The van der Waals surface area contributed by atoms with Crippen LogP contribution in [-0.4, -0.2) is 34.7 Å². The summed E-state index contributed by atoms with van der Waals surface area (Å²) in [5.74, 6) is -1.69. The summed E-state index contributed by atoms with van der Waals surface area (Å²) in [4.78, 5) is 37.3. The number of anilines is 1. The summed E-state index contributed by atoms with van der Waals surface area (Å²) in [6, 6.07) is 20.9. The van der Waals surface area contributed by atoms with Crippen LogP contribution in [0.5, 0.6) is 5.88 Å². The minimum absolute atomic E-state index is 0.0407. The van der Waals surface area contributed by atoms with Crippen LogP contribution in [0, 0.1) is 0 Å². The zero-order chi connectivity index (χ0) is 24.9. The van der Waals surface area contributed by atoms with E-state index < -0.39 is 17.8 Å². The van der Waals surface area contributed by atoms with Gasteiger partial charge >= 0.3 is 11.9 Å². The zero-order valence-corrected chi connectivity index (χ0v) is 19.7. The first-order valence-corrected chi connectivity index (χ1v) is 10.9. The molecule has 176 valence electrons. The average molecular weight is 510 g/mol. The molecule has 0 fully saturated rings. The molecule has 0 spiro atoms. The molecule has 1 amide bonds. The summed E-state index contributed by atoms with van der Waals surface area (Å²) in [6.45, 7) is 0. The van der Waals surface area contributed by atoms with Crippen molar-refractivity contribution in [1.82, 2.24) is 9.78 Å². The summed E-state index contributed by atoms with van der Waals surface area (Å²) in [5.41, 5.74) is 0.965. The van der Waals surface area contributed by atoms with Crippen molar-refractivity contribution in [3.63, 3.8) is 0 Å². The number of aromatic nitrogens is 2. The fourth-order valence-electron chi connectivity index (χ4n) is 3.17. The average Bonchev–Trinajstić information content (AvgIpc) is 3.25. The van der Waals surface area contributed by atoms with E-state index >= 15 is 0 Å². The maximum atomic E-state index is 12.7. The molecule has 0 aliphatic heterocycles. The normalized spacial score (nSPS) is 10.5. The summed E-state index contributed by atoms with van der Waals surface area (Å²) in [5, 5.41) is 7.07. The smallest absolute Gasteiger partial charge is 0.344 e. The van der Waals surface area contributed by atoms with Crippen LogP contribution in [-0.2, 0) is 4.74 Å². The highest BCUT2D eigenvalue weighted by Gasteiger charge is 2.22. The Balaban J connectivity index is 1.75. The molecule has 0 radical (unpaired) electrons. The Hall–Kier alpha value is -4.14. The lowest BCUT2D eigenvalue weighted by Crippen LogP contribution is -2.13. The molecule has 8 nitrogen and oxygen atoms in total. The van der Waals surface area contributed by atoms with Crippen LogP contribution >= 0.6 is 23.2 Å². The van der Waals surface area contributed by atoms with E-state index in [-0.39, 0.29) is 33.0 Å². The monoisotopic (exact) mass is 509 g/mol. The van der Waals surface area contributed by atoms with Gasteiger partial charge < -0.3 is 14.8 Å². The first kappa shape index (κ1) is 24.0. The lowest BCUT2D eigenvalue weighted by molar-refractivity contribution is 0.0600. The van der Waals surface area contributed by atoms with Crippen LogP contribution in [0.4, 0.5) is 5.82 Å². The van der Waals surface area contributed by atoms with Crippen LogP contribution < -0.4 is 10.1 Å². The topological polar surface area (TPSA) is 99.5 Å². The van der Waals surface area contributed by atoms with E-state index in [1.165, 1.54) is 30.0 Å². The highest BCUT2D eigenvalue weighted by Crippen LogP contribution is 2.34. The van der Waals surface area contributed by atoms with E-state index in [1.54, 1.807) is 60.7 Å². The van der Waals surface area contributed by atoms with Gasteiger partial charge in [0.15, 0.2) is 5.82 Å². The molecular formula is C25H17Cl2N3O5. The molecule has 0 bridgehead atoms. The maximum absolute atomic E-state index is 12.7. The van der Waals surface area contributed by atoms with E-state index in [2.05, 4.69) is 10.4 Å². The Morgan fingerprint density at radius 1 is 0.800 bits per heavy atom. The largest absolute Gasteiger partial charge is 0.465 e. The molecule has 0 aliphatic rings. The SMILES string of the molecule is COC(=O)c1cc(Cl)c(-n2nc(NC(=O)c3ccccc3)cc2OC(=O)c2ccccc2)c(Cl)c1. The number of halogens is 2. The third kappa shape index (κ3) is 5.34. The van der Waals surface area contributed by atoms with Crippen molar-refractivity contribution in [2.24, 2.45) is 0 Å². The van der Waals surface area contributed by atoms with E-state index in [1.807, 2.05) is 0 Å². The molecule has 4 rings (SSSR count). The Labute approximate surface area is 210 Å². The van der Waals surface area contributed by atoms with Crippen molar-refractivity contribution in [2.45, 2.75) is 0 Å². The highest BCUT2D eigenvalue weighted by molar-refractivity contribution is 6.38. The van der Waals surface area contributed by atoms with Gasteiger partial charge in [-0.1, -0.05) is 59.6 Å². The second-order valence-electron chi connectivity index (χ2n) is 7.14. The minimum atomic E-state index is -0.661. The lowest BCUT2D eigenvalue weighted by Gasteiger charge is -2.12. The van der Waals surface area contributed by atoms with Gasteiger partial charge in [-0.3, -0.25) is 4.79 Å². The number of esters is 2. The molecule has 0 unspecified atom stereocenters. The number of nitrogens with zero attached hydrogens (tertiary/aromatic N) is 2. The number of carbonyl (C=O) groups is 3. The van der Waals surface area contributed by atoms with E-state index in [0.29, 0.717) is 11.1 Å². The second-order valence-corrected chi connectivity index (χ2v) is 7.95. The number of methoxy groups -OCH3 is 1. The maximum Gasteiger partial charge on any atom is 0.344 e. The van der Waals surface area contributed by atoms with Crippen molar-refractivity contribution in [3.05, 3.63) is 106 Å². The molecule has 1 heterocycles. The number of benzene rings is 3. The van der Waals surface area contributed by atoms with E-state index in [4.69, 9.17) is 32.7 Å². The molecule has 0 atom stereocenters. The summed E-state index contributed by atoms with van der Waals surface area (Å²) >= 11 is 12.9. The number of amides is 1. The third-order valence-electron chi connectivity index (χ3n) is 4.81. The molecule has 3 aromatic carbocycles. The van der Waals surface area contributed by atoms with Gasteiger partial charge in [0, 0.05) is 11.6 Å². The predicted molar refractivity (Wildman–Crippen MR) is 131 cm³/mol. The number of hydrogen-bond acceptors (Lipinski definition) is 6. The van der Waals surface area contributed by atoms with Crippen LogP contribution in [0.3, 0.4) is 0 Å². The molecule has 0 aliphatic carbocycles. The lowest BCUT2D eigenvalue weighted by atomic mass is 10.2. The number of rotatable bonds is 6. The first-order chi connectivity index (χ1) is 16.9. The summed E-state index contributed by atoms with van der Waals surface area (Å²) < 4.78 is 11.4. The van der Waals surface area contributed by atoms with Gasteiger partial charge in [-0.25, -0.2) is 9.59 Å². The van der Waals surface area contributed by atoms with Crippen LogP contribution in [0.25, 0.3) is 5.69 Å². The molecule has 4 aromatic rings. The molecule has 1 aromatic heterocycles. The van der Waals surface area contributed by atoms with Gasteiger partial charge in [-0.05, 0) is 36.4 Å². The number of carbonyl (C=O) groups excluding carboxylic acids is 3. The van der Waals surface area contributed by atoms with Gasteiger partial charge in [-0.15, -0.1) is 5.10 Å². The molecule has 35 heavy (non-hydrogen) atoms. The molecule has 1 N–H and O–H groups in total. The van der Waals surface area contributed by atoms with Crippen molar-refractivity contribution in [3.8, 4) is 11.6 Å². The molecular weight excluding hydrogens is 493 g/mol. The predicted octanol–water partition coefficient (Wildman–Crippen LogP) is 5.44. The Kier molecular flexibility index (Phi) is 7.14. The Morgan fingerprint density at radius 3 is 1.94 bits per heavy atom. The summed E-state index contributed by atoms with van der Waals surface area (Å²) in [6.07, 6.45) is 0. The van der Waals surface area contributed by atoms with Gasteiger partial charge in [0.1, 0.15) is 5.69 Å². The highest BCUT2D eigenvalue weighted by atomic mass is 35.5. The van der Waals surface area contributed by atoms with E-state index in [0.717, 1.165) is 0 Å². The number of hydrogen-bond donors (Lipinski definition) is 1. The minimum Gasteiger partial charge on any atom is -0.465 e. The standard InChI is InChI=1S/C25H17Cl2N3O5/c1-34-24(32)17-12-18(26)22(19(27)13-17)30-21(35-25(33)16-10-6-3-7-11-16)14-20(29-30)28-23(31)15-8-4-2-5-9-15/h2-14H,1H3,(H,28,29,31). The quantitative estimate of drug-likeness (QED) is 0.347. The van der Waals surface area contributed by atoms with Crippen molar-refractivity contribution >= 4 is 46.9 Å². The van der Waals surface area contributed by atoms with Gasteiger partial charge in [-0.2, -0.15) is 4.68 Å². The van der Waals surface area contributed by atoms with Crippen molar-refractivity contribution in [1.29, 1.82) is 0 Å². The summed E-state index contributed by atoms with van der Waals surface area (Å²) in [7, 11) is 1.23. The van der Waals surface area contributed by atoms with Gasteiger partial charge in [0.05, 0.1) is 28.3 Å². The van der Waals surface area contributed by atoms with E-state index in [9.17, 15) is 14.4 Å². The first-order valence-electron chi connectivity index (χ1n) is 10.2. The van der Waals surface area contributed by atoms with Gasteiger partial charge in [0.25, 0.3) is 5.91 Å². The Bertz CT molecular complexity index is 1380. The number of nitrogens with one attached hydrogen (secondary N) is 1.